The zero-order chi connectivity index (χ0) is 16.8. The molecule has 1 saturated heterocycles. The highest BCUT2D eigenvalue weighted by atomic mass is 16.5. The minimum Gasteiger partial charge on any atom is -0.493 e. The molecule has 0 bridgehead atoms. The number of hydrogen-bond acceptors (Lipinski definition) is 3. The summed E-state index contributed by atoms with van der Waals surface area (Å²) in [6.45, 7) is 1.43. The first-order valence-electron chi connectivity index (χ1n) is 8.42. The van der Waals surface area contributed by atoms with Crippen LogP contribution in [0.25, 0.3) is 0 Å². The minimum absolute atomic E-state index is 0.0384. The predicted octanol–water partition coefficient (Wildman–Crippen LogP) is 2.83. The summed E-state index contributed by atoms with van der Waals surface area (Å²) in [4.78, 5) is 14.1. The first-order chi connectivity index (χ1) is 11.7. The number of carbonyl (C=O) groups is 1. The van der Waals surface area contributed by atoms with Gasteiger partial charge in [0.2, 0.25) is 5.91 Å². The zero-order valence-electron chi connectivity index (χ0n) is 13.7. The van der Waals surface area contributed by atoms with Crippen LogP contribution in [0.4, 0.5) is 0 Å². The molecule has 126 valence electrons. The van der Waals surface area contributed by atoms with Crippen LogP contribution in [0.5, 0.6) is 5.75 Å². The third-order valence-electron chi connectivity index (χ3n) is 4.49. The minimum atomic E-state index is -0.514. The fraction of sp³-hybridized carbons (Fsp3) is 0.350. The van der Waals surface area contributed by atoms with Gasteiger partial charge < -0.3 is 14.7 Å². The molecule has 4 nitrogen and oxygen atoms in total. The molecule has 3 rings (SSSR count). The Labute approximate surface area is 142 Å². The van der Waals surface area contributed by atoms with Crippen LogP contribution in [0.3, 0.4) is 0 Å². The molecule has 0 radical (unpaired) electrons. The highest BCUT2D eigenvalue weighted by Gasteiger charge is 2.30. The van der Waals surface area contributed by atoms with Gasteiger partial charge in [-0.3, -0.25) is 4.79 Å². The van der Waals surface area contributed by atoms with Crippen LogP contribution < -0.4 is 4.74 Å². The fourth-order valence-electron chi connectivity index (χ4n) is 3.18. The number of para-hydroxylation sites is 1. The highest BCUT2D eigenvalue weighted by Crippen LogP contribution is 2.28. The molecule has 4 heteroatoms. The monoisotopic (exact) mass is 325 g/mol. The zero-order valence-corrected chi connectivity index (χ0v) is 13.7. The highest BCUT2D eigenvalue weighted by molar-refractivity contribution is 5.76. The fourth-order valence-corrected chi connectivity index (χ4v) is 3.18. The molecule has 1 amide bonds. The molecule has 0 aliphatic carbocycles. The number of piperidine rings is 1. The Morgan fingerprint density at radius 2 is 1.75 bits per heavy atom. The number of β-amino-alcohol motifs (C(OH)–C–C–N with tert-alkyl or cyclic N) is 1. The van der Waals surface area contributed by atoms with Gasteiger partial charge in [0.05, 0.1) is 19.1 Å². The van der Waals surface area contributed by atoms with Crippen LogP contribution in [0.15, 0.2) is 60.7 Å². The smallest absolute Gasteiger partial charge is 0.226 e. The van der Waals surface area contributed by atoms with Crippen LogP contribution in [-0.4, -0.2) is 41.7 Å². The Kier molecular flexibility index (Phi) is 5.49. The lowest BCUT2D eigenvalue weighted by Gasteiger charge is -2.36. The lowest BCUT2D eigenvalue weighted by atomic mass is 9.87. The summed E-state index contributed by atoms with van der Waals surface area (Å²) >= 11 is 0. The number of aliphatic hydroxyl groups is 1. The molecule has 1 heterocycles. The first kappa shape index (κ1) is 16.5. The summed E-state index contributed by atoms with van der Waals surface area (Å²) in [6.07, 6.45) is 0.605. The summed E-state index contributed by atoms with van der Waals surface area (Å²) in [5.74, 6) is 0.917. The van der Waals surface area contributed by atoms with Crippen molar-refractivity contribution in [3.8, 4) is 5.75 Å². The number of benzene rings is 2. The summed E-state index contributed by atoms with van der Waals surface area (Å²) in [5.41, 5.74) is 1.14. The Bertz CT molecular complexity index is 644. The van der Waals surface area contributed by atoms with Crippen molar-refractivity contribution in [3.05, 3.63) is 66.2 Å². The molecule has 2 aromatic rings. The number of rotatable bonds is 5. The first-order valence-corrected chi connectivity index (χ1v) is 8.42. The molecule has 0 unspecified atom stereocenters. The standard InChI is InChI=1S/C20H23NO3/c22-19-15-21(13-11-18(19)16-7-3-1-4-8-16)20(23)12-14-24-17-9-5-2-6-10-17/h1-10,18-19,22H,11-15H2/t18-,19-/m1/s1. The maximum Gasteiger partial charge on any atom is 0.226 e. The molecule has 1 N–H and O–H groups in total. The van der Waals surface area contributed by atoms with Crippen molar-refractivity contribution in [1.82, 2.24) is 4.90 Å². The van der Waals surface area contributed by atoms with E-state index in [1.165, 1.54) is 0 Å². The van der Waals surface area contributed by atoms with E-state index in [2.05, 4.69) is 0 Å². The number of nitrogens with zero attached hydrogens (tertiary/aromatic N) is 1. The van der Waals surface area contributed by atoms with Gasteiger partial charge in [-0.1, -0.05) is 48.5 Å². The van der Waals surface area contributed by atoms with Crippen molar-refractivity contribution in [2.75, 3.05) is 19.7 Å². The van der Waals surface area contributed by atoms with Crippen molar-refractivity contribution in [1.29, 1.82) is 0 Å². The second kappa shape index (κ2) is 7.97. The van der Waals surface area contributed by atoms with Crippen molar-refractivity contribution < 1.29 is 14.6 Å². The summed E-state index contributed by atoms with van der Waals surface area (Å²) < 4.78 is 5.57. The second-order valence-electron chi connectivity index (χ2n) is 6.12. The SMILES string of the molecule is O=C(CCOc1ccccc1)N1CC[C@H](c2ccccc2)[C@H](O)C1. The number of carbonyl (C=O) groups excluding carboxylic acids is 1. The third kappa shape index (κ3) is 4.15. The summed E-state index contributed by atoms with van der Waals surface area (Å²) in [5, 5.41) is 10.4. The lowest BCUT2D eigenvalue weighted by molar-refractivity contribution is -0.135. The van der Waals surface area contributed by atoms with Gasteiger partial charge in [0.1, 0.15) is 5.75 Å². The Balaban J connectivity index is 1.47. The molecule has 0 spiro atoms. The van der Waals surface area contributed by atoms with E-state index in [9.17, 15) is 9.90 Å². The molecule has 1 fully saturated rings. The summed E-state index contributed by atoms with van der Waals surface area (Å²) in [6, 6.07) is 19.5. The van der Waals surface area contributed by atoms with Crippen molar-refractivity contribution in [3.63, 3.8) is 0 Å². The Morgan fingerprint density at radius 1 is 1.08 bits per heavy atom. The van der Waals surface area contributed by atoms with Gasteiger partial charge in [-0.2, -0.15) is 0 Å². The van der Waals surface area contributed by atoms with Crippen LogP contribution in [0, 0.1) is 0 Å². The van der Waals surface area contributed by atoms with Gasteiger partial charge in [0, 0.05) is 19.0 Å². The number of aliphatic hydroxyl groups excluding tert-OH is 1. The van der Waals surface area contributed by atoms with E-state index >= 15 is 0 Å². The van der Waals surface area contributed by atoms with E-state index in [0.717, 1.165) is 17.7 Å². The van der Waals surface area contributed by atoms with Crippen LogP contribution in [0.1, 0.15) is 24.3 Å². The lowest BCUT2D eigenvalue weighted by Crippen LogP contribution is -2.46. The van der Waals surface area contributed by atoms with E-state index in [-0.39, 0.29) is 11.8 Å². The van der Waals surface area contributed by atoms with Gasteiger partial charge >= 0.3 is 0 Å². The maximum absolute atomic E-state index is 12.3. The van der Waals surface area contributed by atoms with E-state index in [1.807, 2.05) is 60.7 Å². The van der Waals surface area contributed by atoms with E-state index in [4.69, 9.17) is 4.74 Å². The van der Waals surface area contributed by atoms with E-state index < -0.39 is 6.10 Å². The predicted molar refractivity (Wildman–Crippen MR) is 92.9 cm³/mol. The molecule has 0 saturated carbocycles. The van der Waals surface area contributed by atoms with Gasteiger partial charge in [-0.15, -0.1) is 0 Å². The van der Waals surface area contributed by atoms with Gasteiger partial charge in [-0.25, -0.2) is 0 Å². The number of amides is 1. The molecule has 2 aromatic carbocycles. The molecule has 1 aliphatic rings. The van der Waals surface area contributed by atoms with Crippen molar-refractivity contribution in [2.24, 2.45) is 0 Å². The third-order valence-corrected chi connectivity index (χ3v) is 4.49. The molecular weight excluding hydrogens is 302 g/mol. The number of hydrogen-bond donors (Lipinski definition) is 1. The van der Waals surface area contributed by atoms with Crippen LogP contribution in [-0.2, 0) is 4.79 Å². The number of likely N-dealkylation sites (tertiary alicyclic amines) is 1. The normalized spacial score (nSPS) is 20.6. The quantitative estimate of drug-likeness (QED) is 0.920. The van der Waals surface area contributed by atoms with Gasteiger partial charge in [-0.05, 0) is 24.1 Å². The Hall–Kier alpha value is -2.33. The van der Waals surface area contributed by atoms with Gasteiger partial charge in [0.25, 0.3) is 0 Å². The van der Waals surface area contributed by atoms with E-state index in [1.54, 1.807) is 4.90 Å². The van der Waals surface area contributed by atoms with E-state index in [0.29, 0.717) is 26.1 Å². The molecule has 0 aromatic heterocycles. The molecule has 24 heavy (non-hydrogen) atoms. The largest absolute Gasteiger partial charge is 0.493 e. The summed E-state index contributed by atoms with van der Waals surface area (Å²) in [7, 11) is 0. The van der Waals surface area contributed by atoms with Crippen molar-refractivity contribution >= 4 is 5.91 Å². The maximum atomic E-state index is 12.3. The van der Waals surface area contributed by atoms with Crippen LogP contribution in [0.2, 0.25) is 0 Å². The average molecular weight is 325 g/mol. The molecule has 2 atom stereocenters. The Morgan fingerprint density at radius 3 is 2.42 bits per heavy atom. The van der Waals surface area contributed by atoms with Crippen LogP contribution >= 0.6 is 0 Å². The molecular formula is C20H23NO3. The number of ether oxygens (including phenoxy) is 1. The molecule has 1 aliphatic heterocycles. The van der Waals surface area contributed by atoms with Gasteiger partial charge in [0.15, 0.2) is 0 Å². The topological polar surface area (TPSA) is 49.8 Å². The van der Waals surface area contributed by atoms with Crippen molar-refractivity contribution in [2.45, 2.75) is 24.9 Å². The average Bonchev–Trinajstić information content (AvgIpc) is 2.63. The second-order valence-corrected chi connectivity index (χ2v) is 6.12.